The van der Waals surface area contributed by atoms with Gasteiger partial charge in [0.05, 0.1) is 7.11 Å². The summed E-state index contributed by atoms with van der Waals surface area (Å²) in [5, 5.41) is 2.83. The fourth-order valence-electron chi connectivity index (χ4n) is 2.70. The molecular weight excluding hydrogens is 360 g/mol. The highest BCUT2D eigenvalue weighted by molar-refractivity contribution is 6.05. The third-order valence-corrected chi connectivity index (χ3v) is 4.10. The van der Waals surface area contributed by atoms with E-state index in [4.69, 9.17) is 18.9 Å². The van der Waals surface area contributed by atoms with Crippen molar-refractivity contribution in [2.24, 2.45) is 0 Å². The molecule has 7 nitrogen and oxygen atoms in total. The minimum absolute atomic E-state index is 0.290. The van der Waals surface area contributed by atoms with Gasteiger partial charge in [-0.15, -0.1) is 0 Å². The predicted molar refractivity (Wildman–Crippen MR) is 103 cm³/mol. The molecule has 2 aromatic carbocycles. The lowest BCUT2D eigenvalue weighted by atomic mass is 10.1. The maximum atomic E-state index is 12.7. The van der Waals surface area contributed by atoms with Crippen molar-refractivity contribution in [3.63, 3.8) is 0 Å². The van der Waals surface area contributed by atoms with Crippen molar-refractivity contribution in [3.05, 3.63) is 66.4 Å². The Balaban J connectivity index is 1.52. The molecule has 0 aliphatic carbocycles. The van der Waals surface area contributed by atoms with Crippen molar-refractivity contribution >= 4 is 11.6 Å². The third-order valence-electron chi connectivity index (χ3n) is 4.10. The van der Waals surface area contributed by atoms with Crippen LogP contribution in [-0.4, -0.2) is 31.2 Å². The number of nitrogens with zero attached hydrogens (tertiary/aromatic N) is 1. The van der Waals surface area contributed by atoms with E-state index >= 15 is 0 Å². The molecule has 28 heavy (non-hydrogen) atoms. The number of carbonyl (C=O) groups excluding carboxylic acids is 1. The molecule has 0 fully saturated rings. The van der Waals surface area contributed by atoms with Crippen LogP contribution in [0, 0.1) is 0 Å². The molecule has 2 heterocycles. The average Bonchev–Trinajstić information content (AvgIpc) is 2.75. The second kappa shape index (κ2) is 7.87. The van der Waals surface area contributed by atoms with Crippen molar-refractivity contribution < 1.29 is 23.7 Å². The van der Waals surface area contributed by atoms with E-state index < -0.39 is 0 Å². The lowest BCUT2D eigenvalue weighted by Gasteiger charge is -2.18. The zero-order valence-corrected chi connectivity index (χ0v) is 15.2. The summed E-state index contributed by atoms with van der Waals surface area (Å²) in [6.07, 6.45) is 1.60. The molecule has 0 saturated carbocycles. The van der Waals surface area contributed by atoms with E-state index in [1.165, 1.54) is 0 Å². The number of amides is 1. The molecule has 7 heteroatoms. The van der Waals surface area contributed by atoms with Crippen molar-refractivity contribution in [1.29, 1.82) is 0 Å². The molecule has 0 radical (unpaired) electrons. The third kappa shape index (κ3) is 3.83. The van der Waals surface area contributed by atoms with Gasteiger partial charge in [0.2, 0.25) is 5.88 Å². The Bertz CT molecular complexity index is 988. The first-order valence-corrected chi connectivity index (χ1v) is 8.71. The summed E-state index contributed by atoms with van der Waals surface area (Å²) in [5.41, 5.74) is 0.904. The Labute approximate surface area is 161 Å². The summed E-state index contributed by atoms with van der Waals surface area (Å²) in [5.74, 6) is 2.48. The first-order chi connectivity index (χ1) is 13.7. The van der Waals surface area contributed by atoms with Crippen LogP contribution in [0.3, 0.4) is 0 Å². The Kier molecular flexibility index (Phi) is 4.97. The van der Waals surface area contributed by atoms with Gasteiger partial charge in [-0.25, -0.2) is 4.98 Å². The molecule has 142 valence electrons. The number of benzene rings is 2. The molecule has 1 amide bonds. The van der Waals surface area contributed by atoms with Crippen LogP contribution in [0.15, 0.2) is 60.8 Å². The van der Waals surface area contributed by atoms with E-state index in [1.807, 2.05) is 0 Å². The van der Waals surface area contributed by atoms with Crippen molar-refractivity contribution in [3.8, 4) is 28.9 Å². The van der Waals surface area contributed by atoms with Gasteiger partial charge in [-0.2, -0.15) is 0 Å². The highest BCUT2D eigenvalue weighted by atomic mass is 16.6. The van der Waals surface area contributed by atoms with Crippen LogP contribution >= 0.6 is 0 Å². The average molecular weight is 378 g/mol. The van der Waals surface area contributed by atoms with Crippen LogP contribution in [-0.2, 0) is 0 Å². The van der Waals surface area contributed by atoms with Gasteiger partial charge in [-0.3, -0.25) is 4.79 Å². The number of pyridine rings is 1. The highest BCUT2D eigenvalue weighted by Crippen LogP contribution is 2.32. The molecule has 1 aliphatic heterocycles. The van der Waals surface area contributed by atoms with Crippen molar-refractivity contribution in [1.82, 2.24) is 4.98 Å². The summed E-state index contributed by atoms with van der Waals surface area (Å²) in [7, 11) is 1.60. The topological polar surface area (TPSA) is 78.9 Å². The summed E-state index contributed by atoms with van der Waals surface area (Å²) in [4.78, 5) is 16.9. The summed E-state index contributed by atoms with van der Waals surface area (Å²) >= 11 is 0. The number of fused-ring (bicyclic) bond motifs is 1. The Morgan fingerprint density at radius 2 is 1.75 bits per heavy atom. The van der Waals surface area contributed by atoms with Gasteiger partial charge in [0.25, 0.3) is 5.91 Å². The van der Waals surface area contributed by atoms with Crippen LogP contribution in [0.4, 0.5) is 5.69 Å². The van der Waals surface area contributed by atoms with E-state index in [2.05, 4.69) is 10.3 Å². The molecule has 0 bridgehead atoms. The molecule has 1 N–H and O–H groups in total. The smallest absolute Gasteiger partial charge is 0.255 e. The fraction of sp³-hybridized carbons (Fsp3) is 0.143. The van der Waals surface area contributed by atoms with Gasteiger partial charge in [0.1, 0.15) is 30.4 Å². The molecular formula is C21H18N2O5. The van der Waals surface area contributed by atoms with Crippen LogP contribution in [0.1, 0.15) is 10.4 Å². The van der Waals surface area contributed by atoms with Gasteiger partial charge in [-0.05, 0) is 54.6 Å². The predicted octanol–water partition coefficient (Wildman–Crippen LogP) is 3.91. The maximum Gasteiger partial charge on any atom is 0.255 e. The Morgan fingerprint density at radius 3 is 2.54 bits per heavy atom. The minimum Gasteiger partial charge on any atom is -0.497 e. The van der Waals surface area contributed by atoms with E-state index in [0.29, 0.717) is 47.6 Å². The Morgan fingerprint density at radius 1 is 1.00 bits per heavy atom. The highest BCUT2D eigenvalue weighted by Gasteiger charge is 2.16. The van der Waals surface area contributed by atoms with Gasteiger partial charge in [0.15, 0.2) is 11.5 Å². The minimum atomic E-state index is -0.301. The molecule has 0 spiro atoms. The SMILES string of the molecule is COc1ccc(Oc2ncccc2NC(=O)c2ccc3c(c2)OCCO3)cc1. The molecule has 0 unspecified atom stereocenters. The zero-order valence-electron chi connectivity index (χ0n) is 15.2. The van der Waals surface area contributed by atoms with E-state index in [0.717, 1.165) is 5.75 Å². The van der Waals surface area contributed by atoms with Crippen LogP contribution < -0.4 is 24.3 Å². The Hall–Kier alpha value is -3.74. The molecule has 0 atom stereocenters. The van der Waals surface area contributed by atoms with Gasteiger partial charge < -0.3 is 24.3 Å². The molecule has 4 rings (SSSR count). The van der Waals surface area contributed by atoms with Crippen LogP contribution in [0.5, 0.6) is 28.9 Å². The number of aromatic nitrogens is 1. The number of carbonyl (C=O) groups is 1. The quantitative estimate of drug-likeness (QED) is 0.725. The van der Waals surface area contributed by atoms with Crippen LogP contribution in [0.25, 0.3) is 0 Å². The molecule has 1 aliphatic rings. The summed E-state index contributed by atoms with van der Waals surface area (Å²) in [6, 6.07) is 15.6. The molecule has 0 saturated heterocycles. The number of rotatable bonds is 5. The first-order valence-electron chi connectivity index (χ1n) is 8.71. The van der Waals surface area contributed by atoms with Gasteiger partial charge >= 0.3 is 0 Å². The van der Waals surface area contributed by atoms with Gasteiger partial charge in [-0.1, -0.05) is 0 Å². The summed E-state index contributed by atoms with van der Waals surface area (Å²) in [6.45, 7) is 0.959. The van der Waals surface area contributed by atoms with Crippen molar-refractivity contribution in [2.45, 2.75) is 0 Å². The molecule has 1 aromatic heterocycles. The van der Waals surface area contributed by atoms with E-state index in [1.54, 1.807) is 67.9 Å². The number of nitrogens with one attached hydrogen (secondary N) is 1. The standard InChI is InChI=1S/C21H18N2O5/c1-25-15-5-7-16(8-6-15)28-21-17(3-2-10-22-21)23-20(24)14-4-9-18-19(13-14)27-12-11-26-18/h2-10,13H,11-12H2,1H3,(H,23,24). The number of anilines is 1. The number of ether oxygens (including phenoxy) is 4. The first kappa shape index (κ1) is 17.7. The second-order valence-corrected chi connectivity index (χ2v) is 5.95. The van der Waals surface area contributed by atoms with Crippen molar-refractivity contribution in [2.75, 3.05) is 25.6 Å². The zero-order chi connectivity index (χ0) is 19.3. The van der Waals surface area contributed by atoms with E-state index in [-0.39, 0.29) is 5.91 Å². The number of hydrogen-bond acceptors (Lipinski definition) is 6. The lowest BCUT2D eigenvalue weighted by molar-refractivity contribution is 0.102. The maximum absolute atomic E-state index is 12.7. The fourth-order valence-corrected chi connectivity index (χ4v) is 2.70. The number of methoxy groups -OCH3 is 1. The van der Waals surface area contributed by atoms with E-state index in [9.17, 15) is 4.79 Å². The number of hydrogen-bond donors (Lipinski definition) is 1. The second-order valence-electron chi connectivity index (χ2n) is 5.95. The van der Waals surface area contributed by atoms with Crippen LogP contribution in [0.2, 0.25) is 0 Å². The normalized spacial score (nSPS) is 12.2. The monoisotopic (exact) mass is 378 g/mol. The van der Waals surface area contributed by atoms with Gasteiger partial charge in [0, 0.05) is 11.8 Å². The lowest BCUT2D eigenvalue weighted by Crippen LogP contribution is -2.17. The summed E-state index contributed by atoms with van der Waals surface area (Å²) < 4.78 is 22.0. The molecule has 3 aromatic rings. The largest absolute Gasteiger partial charge is 0.497 e.